The van der Waals surface area contributed by atoms with Crippen LogP contribution in [0.25, 0.3) is 10.9 Å². The summed E-state index contributed by atoms with van der Waals surface area (Å²) in [4.78, 5) is 46.1. The van der Waals surface area contributed by atoms with E-state index >= 15 is 0 Å². The lowest BCUT2D eigenvalue weighted by Crippen LogP contribution is -2.52. The number of nitrogens with one attached hydrogen (secondary N) is 1. The molecule has 1 aromatic heterocycles. The van der Waals surface area contributed by atoms with Crippen molar-refractivity contribution in [3.63, 3.8) is 0 Å². The van der Waals surface area contributed by atoms with Crippen LogP contribution in [0.4, 0.5) is 0 Å². The van der Waals surface area contributed by atoms with Gasteiger partial charge in [-0.1, -0.05) is 30.3 Å². The Labute approximate surface area is 161 Å². The van der Waals surface area contributed by atoms with Crippen molar-refractivity contribution in [2.24, 2.45) is 0 Å². The van der Waals surface area contributed by atoms with E-state index in [0.29, 0.717) is 28.7 Å². The third-order valence-electron chi connectivity index (χ3n) is 4.93. The predicted molar refractivity (Wildman–Crippen MR) is 103 cm³/mol. The average molecular weight is 377 g/mol. The van der Waals surface area contributed by atoms with E-state index in [-0.39, 0.29) is 18.0 Å². The molecule has 7 heteroatoms. The lowest BCUT2D eigenvalue weighted by Gasteiger charge is -2.35. The zero-order valence-electron chi connectivity index (χ0n) is 15.6. The number of benzene rings is 2. The SMILES string of the molecule is CN(Cc1nc2ccccc2c(=O)[nH]1)C(=O)[C@]1(C)Cc2ccccc2C(=O)O1. The lowest BCUT2D eigenvalue weighted by atomic mass is 9.89. The third-order valence-corrected chi connectivity index (χ3v) is 4.93. The zero-order chi connectivity index (χ0) is 19.9. The fraction of sp³-hybridized carbons (Fsp3) is 0.238. The first-order chi connectivity index (χ1) is 13.4. The summed E-state index contributed by atoms with van der Waals surface area (Å²) >= 11 is 0. The number of cyclic esters (lactones) is 1. The molecule has 0 spiro atoms. The van der Waals surface area contributed by atoms with Crippen LogP contribution in [0.1, 0.15) is 28.7 Å². The van der Waals surface area contributed by atoms with E-state index in [0.717, 1.165) is 5.56 Å². The number of H-pyrrole nitrogens is 1. The van der Waals surface area contributed by atoms with Crippen molar-refractivity contribution in [2.75, 3.05) is 7.05 Å². The van der Waals surface area contributed by atoms with E-state index < -0.39 is 11.6 Å². The maximum atomic E-state index is 13.1. The Morgan fingerprint density at radius 2 is 1.89 bits per heavy atom. The fourth-order valence-electron chi connectivity index (χ4n) is 3.56. The topological polar surface area (TPSA) is 92.4 Å². The van der Waals surface area contributed by atoms with Gasteiger partial charge in [0.2, 0.25) is 0 Å². The molecule has 1 amide bonds. The van der Waals surface area contributed by atoms with Crippen molar-refractivity contribution >= 4 is 22.8 Å². The minimum Gasteiger partial charge on any atom is -0.445 e. The van der Waals surface area contributed by atoms with E-state index in [1.165, 1.54) is 4.90 Å². The number of hydrogen-bond acceptors (Lipinski definition) is 5. The van der Waals surface area contributed by atoms with Gasteiger partial charge in [-0.15, -0.1) is 0 Å². The molecule has 0 aliphatic carbocycles. The summed E-state index contributed by atoms with van der Waals surface area (Å²) in [5, 5.41) is 0.491. The molecule has 142 valence electrons. The molecule has 7 nitrogen and oxygen atoms in total. The van der Waals surface area contributed by atoms with E-state index in [2.05, 4.69) is 9.97 Å². The zero-order valence-corrected chi connectivity index (χ0v) is 15.6. The molecular weight excluding hydrogens is 358 g/mol. The Hall–Kier alpha value is -3.48. The number of para-hydroxylation sites is 1. The van der Waals surface area contributed by atoms with E-state index in [9.17, 15) is 14.4 Å². The lowest BCUT2D eigenvalue weighted by molar-refractivity contribution is -0.150. The van der Waals surface area contributed by atoms with Crippen LogP contribution in [0.5, 0.6) is 0 Å². The van der Waals surface area contributed by atoms with Crippen LogP contribution in [-0.2, 0) is 22.5 Å². The van der Waals surface area contributed by atoms with Gasteiger partial charge >= 0.3 is 5.97 Å². The molecular formula is C21H19N3O4. The number of aromatic nitrogens is 2. The van der Waals surface area contributed by atoms with Crippen molar-refractivity contribution in [3.05, 3.63) is 75.8 Å². The van der Waals surface area contributed by atoms with Crippen molar-refractivity contribution in [1.82, 2.24) is 14.9 Å². The predicted octanol–water partition coefficient (Wildman–Crippen LogP) is 2.05. The molecule has 0 bridgehead atoms. The first-order valence-corrected chi connectivity index (χ1v) is 8.92. The summed E-state index contributed by atoms with van der Waals surface area (Å²) in [7, 11) is 1.59. The molecule has 1 atom stereocenters. The molecule has 0 fully saturated rings. The monoisotopic (exact) mass is 377 g/mol. The first-order valence-electron chi connectivity index (χ1n) is 8.92. The van der Waals surface area contributed by atoms with Crippen molar-refractivity contribution < 1.29 is 14.3 Å². The molecule has 4 rings (SSSR count). The largest absolute Gasteiger partial charge is 0.445 e. The fourth-order valence-corrected chi connectivity index (χ4v) is 3.56. The molecule has 2 aromatic carbocycles. The molecule has 0 radical (unpaired) electrons. The number of fused-ring (bicyclic) bond motifs is 2. The summed E-state index contributed by atoms with van der Waals surface area (Å²) in [5.41, 5.74) is 0.255. The Kier molecular flexibility index (Phi) is 4.22. The van der Waals surface area contributed by atoms with Gasteiger partial charge < -0.3 is 14.6 Å². The summed E-state index contributed by atoms with van der Waals surface area (Å²) in [5.74, 6) is -0.500. The molecule has 1 aliphatic rings. The van der Waals surface area contributed by atoms with Gasteiger partial charge in [0, 0.05) is 13.5 Å². The molecule has 28 heavy (non-hydrogen) atoms. The Morgan fingerprint density at radius 1 is 1.18 bits per heavy atom. The van der Waals surface area contributed by atoms with Crippen LogP contribution in [0.2, 0.25) is 0 Å². The van der Waals surface area contributed by atoms with Gasteiger partial charge in [-0.25, -0.2) is 9.78 Å². The van der Waals surface area contributed by atoms with Crippen LogP contribution < -0.4 is 5.56 Å². The van der Waals surface area contributed by atoms with Crippen molar-refractivity contribution in [1.29, 1.82) is 0 Å². The number of aromatic amines is 1. The van der Waals surface area contributed by atoms with E-state index in [1.54, 1.807) is 50.4 Å². The van der Waals surface area contributed by atoms with E-state index in [1.807, 2.05) is 12.1 Å². The number of amides is 1. The Balaban J connectivity index is 1.59. The van der Waals surface area contributed by atoms with Crippen LogP contribution in [0.15, 0.2) is 53.3 Å². The molecule has 1 aliphatic heterocycles. The number of nitrogens with zero attached hydrogens (tertiary/aromatic N) is 2. The normalized spacial score (nSPS) is 18.4. The second-order valence-corrected chi connectivity index (χ2v) is 7.15. The number of ether oxygens (including phenoxy) is 1. The van der Waals surface area contributed by atoms with Crippen LogP contribution >= 0.6 is 0 Å². The highest BCUT2D eigenvalue weighted by Crippen LogP contribution is 2.29. The number of carbonyl (C=O) groups is 2. The van der Waals surface area contributed by atoms with Gasteiger partial charge in [0.15, 0.2) is 5.60 Å². The minimum atomic E-state index is -1.31. The number of rotatable bonds is 3. The van der Waals surface area contributed by atoms with Crippen molar-refractivity contribution in [3.8, 4) is 0 Å². The average Bonchev–Trinajstić information content (AvgIpc) is 2.67. The van der Waals surface area contributed by atoms with E-state index in [4.69, 9.17) is 4.74 Å². The highest BCUT2D eigenvalue weighted by atomic mass is 16.6. The van der Waals surface area contributed by atoms with Gasteiger partial charge in [0.1, 0.15) is 5.82 Å². The molecule has 0 saturated heterocycles. The number of carbonyl (C=O) groups excluding carboxylic acids is 2. The van der Waals surface area contributed by atoms with Crippen LogP contribution in [0, 0.1) is 0 Å². The molecule has 1 N–H and O–H groups in total. The van der Waals surface area contributed by atoms with Gasteiger partial charge in [-0.3, -0.25) is 9.59 Å². The van der Waals surface area contributed by atoms with Gasteiger partial charge in [0.25, 0.3) is 11.5 Å². The number of likely N-dealkylation sites (N-methyl/N-ethyl adjacent to an activating group) is 1. The molecule has 2 heterocycles. The summed E-state index contributed by atoms with van der Waals surface area (Å²) < 4.78 is 5.49. The van der Waals surface area contributed by atoms with Crippen LogP contribution in [-0.4, -0.2) is 39.4 Å². The minimum absolute atomic E-state index is 0.0910. The standard InChI is InChI=1S/C21H19N3O4/c1-21(11-13-7-3-4-8-14(13)19(26)28-21)20(27)24(2)12-17-22-16-10-6-5-9-15(16)18(25)23-17/h3-10H,11-12H2,1-2H3,(H,22,23,25)/t21-/m0/s1. The quantitative estimate of drug-likeness (QED) is 0.706. The maximum Gasteiger partial charge on any atom is 0.339 e. The first kappa shape index (κ1) is 17.9. The Bertz CT molecular complexity index is 1150. The maximum absolute atomic E-state index is 13.1. The van der Waals surface area contributed by atoms with Gasteiger partial charge in [0.05, 0.1) is 23.0 Å². The second kappa shape index (κ2) is 6.60. The Morgan fingerprint density at radius 3 is 2.71 bits per heavy atom. The van der Waals surface area contributed by atoms with Crippen LogP contribution in [0.3, 0.4) is 0 Å². The highest BCUT2D eigenvalue weighted by molar-refractivity contribution is 5.97. The third kappa shape index (κ3) is 3.05. The summed E-state index contributed by atoms with van der Waals surface area (Å²) in [6.07, 6.45) is 0.291. The second-order valence-electron chi connectivity index (χ2n) is 7.15. The van der Waals surface area contributed by atoms with Gasteiger partial charge in [-0.05, 0) is 30.7 Å². The molecule has 3 aromatic rings. The highest BCUT2D eigenvalue weighted by Gasteiger charge is 2.44. The summed E-state index contributed by atoms with van der Waals surface area (Å²) in [6, 6.07) is 14.1. The summed E-state index contributed by atoms with van der Waals surface area (Å²) in [6.45, 7) is 1.70. The van der Waals surface area contributed by atoms with Gasteiger partial charge in [-0.2, -0.15) is 0 Å². The molecule has 0 saturated carbocycles. The molecule has 0 unspecified atom stereocenters. The van der Waals surface area contributed by atoms with Crippen molar-refractivity contribution in [2.45, 2.75) is 25.5 Å². The number of esters is 1. The number of hydrogen-bond donors (Lipinski definition) is 1. The smallest absolute Gasteiger partial charge is 0.339 e.